The number of ether oxygens (including phenoxy) is 1. The van der Waals surface area contributed by atoms with E-state index >= 15 is 0 Å². The van der Waals surface area contributed by atoms with Gasteiger partial charge in [0.25, 0.3) is 0 Å². The Morgan fingerprint density at radius 2 is 2.12 bits per heavy atom. The third-order valence-electron chi connectivity index (χ3n) is 3.50. The number of hydrogen-bond acceptors (Lipinski definition) is 3. The molecule has 3 nitrogen and oxygen atoms in total. The summed E-state index contributed by atoms with van der Waals surface area (Å²) in [6.07, 6.45) is 3.07. The molecule has 0 radical (unpaired) electrons. The highest BCUT2D eigenvalue weighted by atomic mass is 16.5. The van der Waals surface area contributed by atoms with Crippen LogP contribution in [0.4, 0.5) is 0 Å². The number of likely N-dealkylation sites (tertiary alicyclic amines) is 1. The molecule has 3 heteroatoms. The molecule has 1 saturated heterocycles. The van der Waals surface area contributed by atoms with Gasteiger partial charge < -0.3 is 4.74 Å². The van der Waals surface area contributed by atoms with Gasteiger partial charge in [0.1, 0.15) is 0 Å². The van der Waals surface area contributed by atoms with E-state index in [9.17, 15) is 4.79 Å². The second-order valence-electron chi connectivity index (χ2n) is 5.09. The third-order valence-corrected chi connectivity index (χ3v) is 3.50. The molecule has 3 unspecified atom stereocenters. The molecule has 0 spiro atoms. The Labute approximate surface area is 99.1 Å². The molecular weight excluding hydrogens is 202 g/mol. The van der Waals surface area contributed by atoms with Crippen LogP contribution in [-0.2, 0) is 9.53 Å². The predicted octanol–water partition coefficient (Wildman–Crippen LogP) is 2.45. The number of piperidine rings is 1. The molecule has 0 bridgehead atoms. The van der Waals surface area contributed by atoms with Crippen LogP contribution in [-0.4, -0.2) is 36.1 Å². The highest BCUT2D eigenvalue weighted by molar-refractivity contribution is 5.70. The van der Waals surface area contributed by atoms with Gasteiger partial charge >= 0.3 is 5.97 Å². The van der Waals surface area contributed by atoms with Crippen molar-refractivity contribution in [3.8, 4) is 0 Å². The molecule has 0 aromatic carbocycles. The molecule has 0 aromatic rings. The van der Waals surface area contributed by atoms with Gasteiger partial charge in [-0.2, -0.15) is 0 Å². The first-order chi connectivity index (χ1) is 7.54. The maximum atomic E-state index is 11.4. The molecule has 3 atom stereocenters. The molecule has 0 saturated carbocycles. The molecule has 0 N–H and O–H groups in total. The van der Waals surface area contributed by atoms with Gasteiger partial charge in [0.05, 0.1) is 13.0 Å². The van der Waals surface area contributed by atoms with Crippen LogP contribution in [0.2, 0.25) is 0 Å². The van der Waals surface area contributed by atoms with Crippen molar-refractivity contribution in [2.75, 3.05) is 13.2 Å². The van der Waals surface area contributed by atoms with E-state index in [4.69, 9.17) is 4.74 Å². The lowest BCUT2D eigenvalue weighted by Crippen LogP contribution is -2.47. The smallest absolute Gasteiger partial charge is 0.307 e. The summed E-state index contributed by atoms with van der Waals surface area (Å²) in [6, 6.07) is 0.900. The maximum absolute atomic E-state index is 11.4. The second-order valence-corrected chi connectivity index (χ2v) is 5.09. The zero-order valence-electron chi connectivity index (χ0n) is 11.0. The molecule has 1 aliphatic rings. The summed E-state index contributed by atoms with van der Waals surface area (Å²) in [5.41, 5.74) is 0. The van der Waals surface area contributed by atoms with Crippen molar-refractivity contribution in [2.45, 2.75) is 59.0 Å². The van der Waals surface area contributed by atoms with Crippen LogP contribution in [0.25, 0.3) is 0 Å². The molecule has 16 heavy (non-hydrogen) atoms. The minimum atomic E-state index is -0.0690. The molecule has 1 rings (SSSR count). The SMILES string of the molecule is CCOC(=O)CC(C)N1CC(C)CCC1C. The largest absolute Gasteiger partial charge is 0.466 e. The summed E-state index contributed by atoms with van der Waals surface area (Å²) in [4.78, 5) is 13.9. The maximum Gasteiger partial charge on any atom is 0.307 e. The Bertz CT molecular complexity index is 230. The van der Waals surface area contributed by atoms with Gasteiger partial charge in [0.2, 0.25) is 0 Å². The Morgan fingerprint density at radius 3 is 2.75 bits per heavy atom. The highest BCUT2D eigenvalue weighted by Gasteiger charge is 2.27. The van der Waals surface area contributed by atoms with Crippen LogP contribution < -0.4 is 0 Å². The third kappa shape index (κ3) is 3.78. The van der Waals surface area contributed by atoms with E-state index in [1.165, 1.54) is 12.8 Å². The summed E-state index contributed by atoms with van der Waals surface area (Å²) in [5, 5.41) is 0. The van der Waals surface area contributed by atoms with Crippen LogP contribution in [0.5, 0.6) is 0 Å². The first kappa shape index (κ1) is 13.5. The number of nitrogens with zero attached hydrogens (tertiary/aromatic N) is 1. The minimum Gasteiger partial charge on any atom is -0.466 e. The molecule has 94 valence electrons. The Morgan fingerprint density at radius 1 is 1.44 bits per heavy atom. The summed E-state index contributed by atoms with van der Waals surface area (Å²) in [7, 11) is 0. The van der Waals surface area contributed by atoms with E-state index < -0.39 is 0 Å². The van der Waals surface area contributed by atoms with Crippen molar-refractivity contribution < 1.29 is 9.53 Å². The molecule has 0 aliphatic carbocycles. The fourth-order valence-corrected chi connectivity index (χ4v) is 2.52. The fourth-order valence-electron chi connectivity index (χ4n) is 2.52. The van der Waals surface area contributed by atoms with E-state index in [0.29, 0.717) is 25.1 Å². The van der Waals surface area contributed by atoms with Gasteiger partial charge in [-0.05, 0) is 39.5 Å². The van der Waals surface area contributed by atoms with Crippen molar-refractivity contribution in [3.63, 3.8) is 0 Å². The van der Waals surface area contributed by atoms with Crippen molar-refractivity contribution in [1.29, 1.82) is 0 Å². The van der Waals surface area contributed by atoms with E-state index in [0.717, 1.165) is 12.5 Å². The number of esters is 1. The van der Waals surface area contributed by atoms with Crippen molar-refractivity contribution in [3.05, 3.63) is 0 Å². The standard InChI is InChI=1S/C13H25NO2/c1-5-16-13(15)8-12(4)14-9-10(2)6-7-11(14)3/h10-12H,5-9H2,1-4H3. The summed E-state index contributed by atoms with van der Waals surface area (Å²) in [5.74, 6) is 0.682. The Kier molecular flexibility index (Phi) is 5.26. The monoisotopic (exact) mass is 227 g/mol. The lowest BCUT2D eigenvalue weighted by atomic mass is 9.93. The van der Waals surface area contributed by atoms with Crippen LogP contribution in [0.1, 0.15) is 47.0 Å². The van der Waals surface area contributed by atoms with Gasteiger partial charge in [-0.25, -0.2) is 0 Å². The van der Waals surface area contributed by atoms with Crippen LogP contribution in [0, 0.1) is 5.92 Å². The number of rotatable bonds is 4. The van der Waals surface area contributed by atoms with Crippen LogP contribution in [0.3, 0.4) is 0 Å². The molecule has 0 aromatic heterocycles. The zero-order chi connectivity index (χ0) is 12.1. The van der Waals surface area contributed by atoms with Crippen molar-refractivity contribution in [2.24, 2.45) is 5.92 Å². The number of carbonyl (C=O) groups excluding carboxylic acids is 1. The Hall–Kier alpha value is -0.570. The quantitative estimate of drug-likeness (QED) is 0.691. The summed E-state index contributed by atoms with van der Waals surface area (Å²) < 4.78 is 5.00. The first-order valence-corrected chi connectivity index (χ1v) is 6.46. The second kappa shape index (κ2) is 6.24. The van der Waals surface area contributed by atoms with E-state index in [1.54, 1.807) is 0 Å². The zero-order valence-corrected chi connectivity index (χ0v) is 11.0. The Balaban J connectivity index is 2.44. The highest BCUT2D eigenvalue weighted by Crippen LogP contribution is 2.24. The van der Waals surface area contributed by atoms with Crippen LogP contribution >= 0.6 is 0 Å². The topological polar surface area (TPSA) is 29.5 Å². The van der Waals surface area contributed by atoms with Gasteiger partial charge in [-0.3, -0.25) is 9.69 Å². The van der Waals surface area contributed by atoms with Crippen LogP contribution in [0.15, 0.2) is 0 Å². The van der Waals surface area contributed by atoms with E-state index in [-0.39, 0.29) is 5.97 Å². The molecule has 1 aliphatic heterocycles. The minimum absolute atomic E-state index is 0.0690. The van der Waals surface area contributed by atoms with Gasteiger partial charge in [0.15, 0.2) is 0 Å². The fraction of sp³-hybridized carbons (Fsp3) is 0.923. The molecule has 1 fully saturated rings. The summed E-state index contributed by atoms with van der Waals surface area (Å²) in [6.45, 7) is 10.1. The number of carbonyl (C=O) groups is 1. The lowest BCUT2D eigenvalue weighted by Gasteiger charge is -2.40. The van der Waals surface area contributed by atoms with E-state index in [2.05, 4.69) is 25.7 Å². The predicted molar refractivity (Wildman–Crippen MR) is 65.3 cm³/mol. The van der Waals surface area contributed by atoms with Gasteiger partial charge in [-0.15, -0.1) is 0 Å². The molecule has 0 amide bonds. The normalized spacial score (nSPS) is 28.8. The first-order valence-electron chi connectivity index (χ1n) is 6.46. The summed E-state index contributed by atoms with van der Waals surface area (Å²) >= 11 is 0. The number of hydrogen-bond donors (Lipinski definition) is 0. The average molecular weight is 227 g/mol. The van der Waals surface area contributed by atoms with Gasteiger partial charge in [0, 0.05) is 18.6 Å². The molecule has 1 heterocycles. The lowest BCUT2D eigenvalue weighted by molar-refractivity contribution is -0.144. The molecular formula is C13H25NO2. The van der Waals surface area contributed by atoms with Crippen molar-refractivity contribution >= 4 is 5.97 Å². The average Bonchev–Trinajstić information content (AvgIpc) is 2.21. The van der Waals surface area contributed by atoms with Crippen molar-refractivity contribution in [1.82, 2.24) is 4.90 Å². The van der Waals surface area contributed by atoms with E-state index in [1.807, 2.05) is 6.92 Å². The van der Waals surface area contributed by atoms with Gasteiger partial charge in [-0.1, -0.05) is 6.92 Å².